The van der Waals surface area contributed by atoms with Crippen molar-refractivity contribution >= 4 is 38.5 Å². The maximum Gasteiger partial charge on any atom is 0.312 e. The normalized spacial score (nSPS) is 20.0. The molecule has 0 aliphatic carbocycles. The van der Waals surface area contributed by atoms with Crippen molar-refractivity contribution in [2.75, 3.05) is 58.3 Å². The smallest absolute Gasteiger partial charge is 0.312 e. The van der Waals surface area contributed by atoms with E-state index < -0.39 is 5.41 Å². The fourth-order valence-electron chi connectivity index (χ4n) is 5.73. The van der Waals surface area contributed by atoms with Crippen molar-refractivity contribution in [2.24, 2.45) is 5.41 Å². The Labute approximate surface area is 242 Å². The van der Waals surface area contributed by atoms with Gasteiger partial charge in [0.25, 0.3) is 0 Å². The highest BCUT2D eigenvalue weighted by atomic mass is 32.2. The lowest BCUT2D eigenvalue weighted by atomic mass is 9.75. The Morgan fingerprint density at radius 2 is 1.85 bits per heavy atom. The van der Waals surface area contributed by atoms with Crippen LogP contribution in [0, 0.1) is 11.2 Å². The van der Waals surface area contributed by atoms with Crippen molar-refractivity contribution in [3.63, 3.8) is 0 Å². The summed E-state index contributed by atoms with van der Waals surface area (Å²) in [7, 11) is 3.48. The zero-order valence-electron chi connectivity index (χ0n) is 23.8. The number of benzene rings is 1. The second-order valence-electron chi connectivity index (χ2n) is 10.7. The van der Waals surface area contributed by atoms with Gasteiger partial charge >= 0.3 is 5.97 Å². The SMILES string of the molecule is C/C=S(\c1cnc(N2CCN(C)CC2)s1)N1CCC(Cc2cncn2[C@H](C)c2ccc(F)cc2)(C(=O)OC)CC1. The summed E-state index contributed by atoms with van der Waals surface area (Å²) in [5, 5.41) is 3.37. The van der Waals surface area contributed by atoms with Crippen LogP contribution in [0.4, 0.5) is 9.52 Å². The van der Waals surface area contributed by atoms with Gasteiger partial charge in [0.15, 0.2) is 5.13 Å². The number of halogens is 1. The van der Waals surface area contributed by atoms with E-state index in [1.54, 1.807) is 29.8 Å². The number of carbonyl (C=O) groups is 1. The first-order valence-electron chi connectivity index (χ1n) is 13.8. The van der Waals surface area contributed by atoms with Crippen molar-refractivity contribution in [2.45, 2.75) is 43.4 Å². The number of piperazine rings is 1. The molecular formula is C29H39FN6O2S2. The topological polar surface area (TPSA) is 66.7 Å². The minimum absolute atomic E-state index is 0.0331. The molecule has 2 saturated heterocycles. The molecule has 0 N–H and O–H groups in total. The van der Waals surface area contributed by atoms with E-state index in [1.165, 1.54) is 23.5 Å². The van der Waals surface area contributed by atoms with Crippen molar-refractivity contribution in [1.29, 1.82) is 0 Å². The molecule has 8 nitrogen and oxygen atoms in total. The monoisotopic (exact) mass is 586 g/mol. The Kier molecular flexibility index (Phi) is 9.04. The van der Waals surface area contributed by atoms with E-state index in [9.17, 15) is 9.18 Å². The second kappa shape index (κ2) is 12.5. The maximum absolute atomic E-state index is 13.5. The maximum atomic E-state index is 13.5. The van der Waals surface area contributed by atoms with Crippen LogP contribution in [0.15, 0.2) is 47.2 Å². The molecule has 2 fully saturated rings. The van der Waals surface area contributed by atoms with Gasteiger partial charge < -0.3 is 19.1 Å². The van der Waals surface area contributed by atoms with E-state index in [2.05, 4.69) is 49.9 Å². The van der Waals surface area contributed by atoms with E-state index in [0.29, 0.717) is 19.3 Å². The largest absolute Gasteiger partial charge is 0.469 e. The Balaban J connectivity index is 1.30. The van der Waals surface area contributed by atoms with E-state index in [0.717, 1.165) is 55.7 Å². The molecule has 0 amide bonds. The van der Waals surface area contributed by atoms with Gasteiger partial charge in [-0.2, -0.15) is 0 Å². The molecule has 11 heteroatoms. The molecule has 0 saturated carbocycles. The van der Waals surface area contributed by atoms with E-state index >= 15 is 0 Å². The van der Waals surface area contributed by atoms with Crippen molar-refractivity contribution in [1.82, 2.24) is 23.7 Å². The van der Waals surface area contributed by atoms with Gasteiger partial charge in [-0.1, -0.05) is 34.1 Å². The molecule has 2 aromatic heterocycles. The number of hydrogen-bond donors (Lipinski definition) is 0. The summed E-state index contributed by atoms with van der Waals surface area (Å²) in [5.41, 5.74) is 1.36. The molecule has 216 valence electrons. The average molecular weight is 587 g/mol. The van der Waals surface area contributed by atoms with Crippen LogP contribution in [0.1, 0.15) is 44.0 Å². The lowest BCUT2D eigenvalue weighted by Gasteiger charge is -2.40. The van der Waals surface area contributed by atoms with Gasteiger partial charge in [-0.3, -0.25) is 9.10 Å². The number of imidazole rings is 1. The number of hydrogen-bond acceptors (Lipinski definition) is 8. The lowest BCUT2D eigenvalue weighted by Crippen LogP contribution is -2.45. The molecule has 0 bridgehead atoms. The van der Waals surface area contributed by atoms with Gasteiger partial charge in [0, 0.05) is 57.6 Å². The van der Waals surface area contributed by atoms with Crippen molar-refractivity contribution in [3.05, 3.63) is 60.1 Å². The number of piperidine rings is 1. The highest BCUT2D eigenvalue weighted by molar-refractivity contribution is 8.14. The van der Waals surface area contributed by atoms with E-state index in [1.807, 2.05) is 12.4 Å². The van der Waals surface area contributed by atoms with Crippen LogP contribution in [0.3, 0.4) is 0 Å². The first-order chi connectivity index (χ1) is 19.3. The van der Waals surface area contributed by atoms with Crippen LogP contribution < -0.4 is 4.90 Å². The van der Waals surface area contributed by atoms with Gasteiger partial charge in [-0.15, -0.1) is 0 Å². The molecule has 4 heterocycles. The molecule has 0 spiro atoms. The van der Waals surface area contributed by atoms with E-state index in [4.69, 9.17) is 9.72 Å². The highest BCUT2D eigenvalue weighted by Crippen LogP contribution is 2.44. The van der Waals surface area contributed by atoms with Crippen molar-refractivity contribution in [3.8, 4) is 0 Å². The number of likely N-dealkylation sites (N-methyl/N-ethyl adjacent to an activating group) is 1. The van der Waals surface area contributed by atoms with Gasteiger partial charge in [0.05, 0.1) is 35.3 Å². The summed E-state index contributed by atoms with van der Waals surface area (Å²) >= 11 is 1.79. The van der Waals surface area contributed by atoms with Crippen molar-refractivity contribution < 1.29 is 13.9 Å². The third-order valence-corrected chi connectivity index (χ3v) is 11.8. The molecule has 2 aliphatic heterocycles. The van der Waals surface area contributed by atoms with E-state index in [-0.39, 0.29) is 28.5 Å². The number of rotatable bonds is 8. The molecule has 40 heavy (non-hydrogen) atoms. The first-order valence-corrected chi connectivity index (χ1v) is 15.9. The Morgan fingerprint density at radius 1 is 1.15 bits per heavy atom. The molecule has 2 atom stereocenters. The summed E-state index contributed by atoms with van der Waals surface area (Å²) in [6.45, 7) is 9.92. The highest BCUT2D eigenvalue weighted by Gasteiger charge is 2.44. The van der Waals surface area contributed by atoms with Gasteiger partial charge in [0.2, 0.25) is 0 Å². The molecule has 3 aromatic rings. The van der Waals surface area contributed by atoms with Crippen LogP contribution >= 0.6 is 22.0 Å². The second-order valence-corrected chi connectivity index (χ2v) is 14.0. The number of methoxy groups -OCH3 is 1. The summed E-state index contributed by atoms with van der Waals surface area (Å²) in [6, 6.07) is 6.53. The predicted molar refractivity (Wildman–Crippen MR) is 161 cm³/mol. The number of carbonyl (C=O) groups excluding carboxylic acids is 1. The Bertz CT molecular complexity index is 1320. The van der Waals surface area contributed by atoms with Crippen LogP contribution in [-0.4, -0.2) is 88.5 Å². The molecule has 1 unspecified atom stereocenters. The number of ether oxygens (including phenoxy) is 1. The lowest BCUT2D eigenvalue weighted by molar-refractivity contribution is -0.155. The van der Waals surface area contributed by atoms with Crippen LogP contribution in [0.25, 0.3) is 0 Å². The fourth-order valence-corrected chi connectivity index (χ4v) is 9.12. The zero-order valence-corrected chi connectivity index (χ0v) is 25.4. The Hall–Kier alpha value is -2.60. The molecule has 5 rings (SSSR count). The minimum atomic E-state index is -0.618. The molecule has 0 radical (unpaired) electrons. The van der Waals surface area contributed by atoms with Gasteiger partial charge in [0.1, 0.15) is 5.82 Å². The third-order valence-electron chi connectivity index (χ3n) is 8.29. The number of aromatic nitrogens is 3. The minimum Gasteiger partial charge on any atom is -0.469 e. The third kappa shape index (κ3) is 6.02. The molecule has 2 aliphatic rings. The number of anilines is 1. The Morgan fingerprint density at radius 3 is 2.50 bits per heavy atom. The number of nitrogens with zero attached hydrogens (tertiary/aromatic N) is 6. The molecular weight excluding hydrogens is 547 g/mol. The standard InChI is InChI=1S/C29H39FN6O2S2/c1-5-40(26-20-32-28(39-26)34-16-14-33(3)15-17-34)35-12-10-29(11-13-35,27(37)38-4)18-25-19-31-21-36(25)22(2)23-6-8-24(30)9-7-23/h5-9,19-22H,10-18H2,1-4H3/t22-,40?/m1/s1. The summed E-state index contributed by atoms with van der Waals surface area (Å²) in [6.07, 6.45) is 7.65. The first kappa shape index (κ1) is 28.9. The average Bonchev–Trinajstić information content (AvgIpc) is 3.65. The van der Waals surface area contributed by atoms with Gasteiger partial charge in [-0.25, -0.2) is 14.4 Å². The summed E-state index contributed by atoms with van der Waals surface area (Å²) in [4.78, 5) is 27.2. The van der Waals surface area contributed by atoms with Crippen LogP contribution in [0.2, 0.25) is 0 Å². The van der Waals surface area contributed by atoms with Gasteiger partial charge in [-0.05, 0) is 56.8 Å². The number of thiazole rings is 1. The quantitative estimate of drug-likeness (QED) is 0.280. The van der Waals surface area contributed by atoms with Crippen LogP contribution in [0.5, 0.6) is 0 Å². The summed E-state index contributed by atoms with van der Waals surface area (Å²) < 4.78 is 24.7. The summed E-state index contributed by atoms with van der Waals surface area (Å²) in [5.74, 6) is -0.416. The zero-order chi connectivity index (χ0) is 28.3. The fraction of sp³-hybridized carbons (Fsp3) is 0.517. The number of esters is 1. The predicted octanol–water partition coefficient (Wildman–Crippen LogP) is 4.70. The molecule has 1 aromatic carbocycles. The van der Waals surface area contributed by atoms with Crippen LogP contribution in [-0.2, 0) is 16.0 Å².